The minimum atomic E-state index is -4.63. The summed E-state index contributed by atoms with van der Waals surface area (Å²) in [5.74, 6) is 0. The van der Waals surface area contributed by atoms with Crippen molar-refractivity contribution in [2.24, 2.45) is 4.40 Å². The number of halogens is 3. The summed E-state index contributed by atoms with van der Waals surface area (Å²) in [6.45, 7) is 4.71. The van der Waals surface area contributed by atoms with Crippen LogP contribution in [0, 0.1) is 0 Å². The summed E-state index contributed by atoms with van der Waals surface area (Å²) in [6.07, 6.45) is -2.49. The van der Waals surface area contributed by atoms with E-state index >= 15 is 0 Å². The smallest absolute Gasteiger partial charge is 0.437 e. The number of hydrogen-bond acceptors (Lipinski definition) is 2. The van der Waals surface area contributed by atoms with Gasteiger partial charge < -0.3 is 4.55 Å². The topological polar surface area (TPSA) is 35.4 Å². The second-order valence-electron chi connectivity index (χ2n) is 5.08. The van der Waals surface area contributed by atoms with Gasteiger partial charge in [-0.15, -0.1) is 0 Å². The van der Waals surface area contributed by atoms with Crippen molar-refractivity contribution in [2.45, 2.75) is 31.7 Å². The Morgan fingerprint density at radius 2 is 1.70 bits per heavy atom. The van der Waals surface area contributed by atoms with Gasteiger partial charge in [-0.25, -0.2) is 0 Å². The summed E-state index contributed by atoms with van der Waals surface area (Å²) in [6, 6.07) is 8.55. The van der Waals surface area contributed by atoms with Crippen molar-refractivity contribution in [1.29, 1.82) is 0 Å². The molecule has 0 amide bonds. The molecule has 1 atom stereocenters. The third-order valence-electron chi connectivity index (χ3n) is 2.23. The SMILES string of the molecule is CC(C)(C)[S@@+]([O-])/N=C(/C=C/c1ccccc1)C(F)(F)F. The van der Waals surface area contributed by atoms with Crippen molar-refractivity contribution < 1.29 is 17.7 Å². The highest BCUT2D eigenvalue weighted by Crippen LogP contribution is 2.24. The van der Waals surface area contributed by atoms with Crippen molar-refractivity contribution in [1.82, 2.24) is 0 Å². The Bertz CT molecular complexity index is 489. The molecule has 0 aliphatic carbocycles. The van der Waals surface area contributed by atoms with Crippen LogP contribution in [0.25, 0.3) is 6.08 Å². The largest absolute Gasteiger partial charge is 0.591 e. The second-order valence-corrected chi connectivity index (χ2v) is 6.99. The molecule has 0 fully saturated rings. The van der Waals surface area contributed by atoms with Crippen LogP contribution in [0.15, 0.2) is 40.8 Å². The molecule has 0 saturated carbocycles. The van der Waals surface area contributed by atoms with Gasteiger partial charge in [-0.3, -0.25) is 0 Å². The zero-order valence-electron chi connectivity index (χ0n) is 11.4. The van der Waals surface area contributed by atoms with Gasteiger partial charge >= 0.3 is 6.18 Å². The Balaban J connectivity index is 3.04. The van der Waals surface area contributed by atoms with Gasteiger partial charge in [0.15, 0.2) is 5.71 Å². The van der Waals surface area contributed by atoms with Gasteiger partial charge in [-0.2, -0.15) is 13.2 Å². The molecule has 1 aromatic rings. The molecular weight excluding hydrogens is 287 g/mol. The van der Waals surface area contributed by atoms with E-state index in [1.165, 1.54) is 6.08 Å². The van der Waals surface area contributed by atoms with E-state index in [2.05, 4.69) is 4.40 Å². The molecule has 1 rings (SSSR count). The molecule has 0 unspecified atom stereocenters. The van der Waals surface area contributed by atoms with E-state index in [-0.39, 0.29) is 0 Å². The standard InChI is InChI=1S/C14H16F3NOS/c1-13(2,3)20(19)18-12(14(15,16)17)10-9-11-7-5-4-6-8-11/h4-10H,1-3H3/b10-9+,18-12-/t20-/m1/s1. The summed E-state index contributed by atoms with van der Waals surface area (Å²) in [7, 11) is 0. The zero-order valence-corrected chi connectivity index (χ0v) is 12.3. The Morgan fingerprint density at radius 1 is 1.15 bits per heavy atom. The number of allylic oxidation sites excluding steroid dienone is 1. The normalized spacial score (nSPS) is 15.7. The zero-order chi connectivity index (χ0) is 15.4. The maximum Gasteiger partial charge on any atom is 0.437 e. The van der Waals surface area contributed by atoms with Gasteiger partial charge in [0, 0.05) is 0 Å². The van der Waals surface area contributed by atoms with E-state index in [0.29, 0.717) is 5.56 Å². The van der Waals surface area contributed by atoms with Gasteiger partial charge in [-0.1, -0.05) is 40.8 Å². The van der Waals surface area contributed by atoms with Crippen molar-refractivity contribution in [3.63, 3.8) is 0 Å². The molecular formula is C14H16F3NOS. The van der Waals surface area contributed by atoms with Gasteiger partial charge in [0.2, 0.25) is 0 Å². The van der Waals surface area contributed by atoms with Crippen molar-refractivity contribution >= 4 is 23.1 Å². The molecule has 0 N–H and O–H groups in total. The average Bonchev–Trinajstić information content (AvgIpc) is 2.32. The first kappa shape index (κ1) is 16.8. The Hall–Kier alpha value is -1.27. The van der Waals surface area contributed by atoms with Crippen molar-refractivity contribution in [2.75, 3.05) is 0 Å². The maximum atomic E-state index is 12.9. The fraction of sp³-hybridized carbons (Fsp3) is 0.357. The van der Waals surface area contributed by atoms with Gasteiger partial charge in [0.05, 0.1) is 0 Å². The maximum absolute atomic E-state index is 12.9. The minimum Gasteiger partial charge on any atom is -0.591 e. The Morgan fingerprint density at radius 3 is 2.15 bits per heavy atom. The van der Waals surface area contributed by atoms with Crippen LogP contribution >= 0.6 is 0 Å². The van der Waals surface area contributed by atoms with E-state index in [0.717, 1.165) is 6.08 Å². The van der Waals surface area contributed by atoms with Crippen molar-refractivity contribution in [3.05, 3.63) is 42.0 Å². The lowest BCUT2D eigenvalue weighted by molar-refractivity contribution is -0.0574. The molecule has 1 aromatic carbocycles. The van der Waals surface area contributed by atoms with Crippen LogP contribution in [0.5, 0.6) is 0 Å². The van der Waals surface area contributed by atoms with Crippen LogP contribution in [0.1, 0.15) is 26.3 Å². The number of hydrogen-bond donors (Lipinski definition) is 0. The molecule has 0 bridgehead atoms. The first-order valence-electron chi connectivity index (χ1n) is 5.92. The predicted molar refractivity (Wildman–Crippen MR) is 76.9 cm³/mol. The summed E-state index contributed by atoms with van der Waals surface area (Å²) in [5.41, 5.74) is -0.527. The van der Waals surface area contributed by atoms with Gasteiger partial charge in [-0.05, 0) is 32.4 Å². The molecule has 2 nitrogen and oxygen atoms in total. The molecule has 0 aliphatic heterocycles. The van der Waals surface area contributed by atoms with Gasteiger partial charge in [0.25, 0.3) is 0 Å². The summed E-state index contributed by atoms with van der Waals surface area (Å²) in [4.78, 5) is 0. The first-order chi connectivity index (χ1) is 9.10. The lowest BCUT2D eigenvalue weighted by Gasteiger charge is -2.19. The van der Waals surface area contributed by atoms with Crippen LogP contribution in [0.3, 0.4) is 0 Å². The van der Waals surface area contributed by atoms with Crippen LogP contribution in [0.4, 0.5) is 13.2 Å². The number of nitrogens with zero attached hydrogens (tertiary/aromatic N) is 1. The lowest BCUT2D eigenvalue weighted by Crippen LogP contribution is -2.30. The molecule has 0 spiro atoms. The number of benzene rings is 1. The third kappa shape index (κ3) is 5.38. The molecule has 0 saturated heterocycles. The van der Waals surface area contributed by atoms with Gasteiger partial charge in [0.1, 0.15) is 16.1 Å². The molecule has 0 radical (unpaired) electrons. The monoisotopic (exact) mass is 303 g/mol. The molecule has 6 heteroatoms. The van der Waals surface area contributed by atoms with Crippen molar-refractivity contribution in [3.8, 4) is 0 Å². The highest BCUT2D eigenvalue weighted by atomic mass is 32.2. The van der Waals surface area contributed by atoms with E-state index in [4.69, 9.17) is 0 Å². The molecule has 0 aliphatic rings. The fourth-order valence-electron chi connectivity index (χ4n) is 1.14. The van der Waals surface area contributed by atoms with E-state index in [1.54, 1.807) is 51.1 Å². The highest BCUT2D eigenvalue weighted by molar-refractivity contribution is 7.91. The highest BCUT2D eigenvalue weighted by Gasteiger charge is 2.38. The second kappa shape index (κ2) is 6.45. The molecule has 110 valence electrons. The average molecular weight is 303 g/mol. The van der Waals surface area contributed by atoms with E-state index in [1.807, 2.05) is 0 Å². The minimum absolute atomic E-state index is 0.617. The molecule has 0 aromatic heterocycles. The Labute approximate surface area is 119 Å². The fourth-order valence-corrected chi connectivity index (χ4v) is 1.76. The van der Waals surface area contributed by atoms with Crippen LogP contribution < -0.4 is 0 Å². The predicted octanol–water partition coefficient (Wildman–Crippen LogP) is 4.17. The van der Waals surface area contributed by atoms with E-state index < -0.39 is 28.0 Å². The quantitative estimate of drug-likeness (QED) is 0.610. The summed E-state index contributed by atoms with van der Waals surface area (Å²) in [5, 5.41) is 0. The summed E-state index contributed by atoms with van der Waals surface area (Å²) >= 11 is -1.96. The molecule has 0 heterocycles. The van der Waals surface area contributed by atoms with Crippen LogP contribution in [-0.4, -0.2) is 21.2 Å². The number of alkyl halides is 3. The molecule has 20 heavy (non-hydrogen) atoms. The lowest BCUT2D eigenvalue weighted by atomic mass is 10.2. The first-order valence-corrected chi connectivity index (χ1v) is 7.02. The van der Waals surface area contributed by atoms with Crippen LogP contribution in [0.2, 0.25) is 0 Å². The summed E-state index contributed by atoms with van der Waals surface area (Å²) < 4.78 is 52.8. The number of rotatable bonds is 3. The van der Waals surface area contributed by atoms with Crippen LogP contribution in [-0.2, 0) is 11.4 Å². The van der Waals surface area contributed by atoms with E-state index in [9.17, 15) is 17.7 Å². The Kier molecular flexibility index (Phi) is 5.42. The third-order valence-corrected chi connectivity index (χ3v) is 3.64.